The van der Waals surface area contributed by atoms with Crippen LogP contribution in [0.25, 0.3) is 0 Å². The fourth-order valence-electron chi connectivity index (χ4n) is 1.78. The zero-order valence-electron chi connectivity index (χ0n) is 11.2. The van der Waals surface area contributed by atoms with Crippen LogP contribution in [-0.2, 0) is 14.2 Å². The summed E-state index contributed by atoms with van der Waals surface area (Å²) >= 11 is 0. The SMILES string of the molecule is COCCOCCOCCNC(C)CC1CC1. The summed E-state index contributed by atoms with van der Waals surface area (Å²) in [5, 5.41) is 3.48. The van der Waals surface area contributed by atoms with Crippen LogP contribution in [0.3, 0.4) is 0 Å². The van der Waals surface area contributed by atoms with E-state index in [1.807, 2.05) is 0 Å². The Kier molecular flexibility index (Phi) is 8.61. The van der Waals surface area contributed by atoms with Crippen molar-refractivity contribution < 1.29 is 14.2 Å². The third-order valence-electron chi connectivity index (χ3n) is 2.93. The lowest BCUT2D eigenvalue weighted by Gasteiger charge is -2.13. The van der Waals surface area contributed by atoms with E-state index in [1.165, 1.54) is 19.3 Å². The summed E-state index contributed by atoms with van der Waals surface area (Å²) in [7, 11) is 1.67. The molecule has 1 aliphatic carbocycles. The largest absolute Gasteiger partial charge is 0.382 e. The number of methoxy groups -OCH3 is 1. The molecular weight excluding hydrogens is 218 g/mol. The molecule has 1 saturated carbocycles. The monoisotopic (exact) mass is 245 g/mol. The molecule has 0 aromatic heterocycles. The molecule has 4 heteroatoms. The van der Waals surface area contributed by atoms with Crippen LogP contribution in [-0.4, -0.2) is 52.7 Å². The molecule has 0 bridgehead atoms. The Hall–Kier alpha value is -0.160. The standard InChI is InChI=1S/C13H27NO3/c1-12(11-13-3-4-13)14-5-6-16-9-10-17-8-7-15-2/h12-14H,3-11H2,1-2H3. The van der Waals surface area contributed by atoms with Crippen LogP contribution >= 0.6 is 0 Å². The second-order valence-corrected chi connectivity index (χ2v) is 4.75. The van der Waals surface area contributed by atoms with Crippen LogP contribution < -0.4 is 5.32 Å². The minimum absolute atomic E-state index is 0.629. The summed E-state index contributed by atoms with van der Waals surface area (Å²) in [6, 6.07) is 0.629. The number of hydrogen-bond donors (Lipinski definition) is 1. The molecule has 1 N–H and O–H groups in total. The maximum atomic E-state index is 5.46. The summed E-state index contributed by atoms with van der Waals surface area (Å²) in [6.45, 7) is 6.58. The molecule has 0 spiro atoms. The molecule has 1 rings (SSSR count). The lowest BCUT2D eigenvalue weighted by molar-refractivity contribution is 0.0252. The van der Waals surface area contributed by atoms with Gasteiger partial charge < -0.3 is 19.5 Å². The topological polar surface area (TPSA) is 39.7 Å². The highest BCUT2D eigenvalue weighted by atomic mass is 16.5. The number of nitrogens with one attached hydrogen (secondary N) is 1. The van der Waals surface area contributed by atoms with Gasteiger partial charge in [0.2, 0.25) is 0 Å². The van der Waals surface area contributed by atoms with Gasteiger partial charge in [-0.3, -0.25) is 0 Å². The summed E-state index contributed by atoms with van der Waals surface area (Å²) in [5.74, 6) is 0.993. The Morgan fingerprint density at radius 2 is 1.71 bits per heavy atom. The van der Waals surface area contributed by atoms with Crippen molar-refractivity contribution in [3.05, 3.63) is 0 Å². The Morgan fingerprint density at radius 1 is 1.06 bits per heavy atom. The van der Waals surface area contributed by atoms with Gasteiger partial charge in [-0.15, -0.1) is 0 Å². The quantitative estimate of drug-likeness (QED) is 0.528. The van der Waals surface area contributed by atoms with Crippen LogP contribution in [0, 0.1) is 5.92 Å². The average Bonchev–Trinajstić information content (AvgIpc) is 3.11. The second kappa shape index (κ2) is 9.83. The maximum Gasteiger partial charge on any atom is 0.0701 e. The highest BCUT2D eigenvalue weighted by molar-refractivity contribution is 4.77. The van der Waals surface area contributed by atoms with Gasteiger partial charge >= 0.3 is 0 Å². The molecule has 1 aliphatic rings. The van der Waals surface area contributed by atoms with Crippen LogP contribution in [0.15, 0.2) is 0 Å². The van der Waals surface area contributed by atoms with Crippen LogP contribution in [0.2, 0.25) is 0 Å². The van der Waals surface area contributed by atoms with E-state index in [9.17, 15) is 0 Å². The number of ether oxygens (including phenoxy) is 3. The van der Waals surface area contributed by atoms with E-state index in [2.05, 4.69) is 12.2 Å². The molecule has 0 saturated heterocycles. The van der Waals surface area contributed by atoms with Crippen molar-refractivity contribution >= 4 is 0 Å². The molecule has 1 atom stereocenters. The van der Waals surface area contributed by atoms with Gasteiger partial charge in [0, 0.05) is 19.7 Å². The first-order valence-electron chi connectivity index (χ1n) is 6.70. The maximum absolute atomic E-state index is 5.46. The zero-order valence-corrected chi connectivity index (χ0v) is 11.2. The second-order valence-electron chi connectivity index (χ2n) is 4.75. The molecule has 0 amide bonds. The van der Waals surface area contributed by atoms with Crippen LogP contribution in [0.1, 0.15) is 26.2 Å². The van der Waals surface area contributed by atoms with E-state index < -0.39 is 0 Å². The lowest BCUT2D eigenvalue weighted by Crippen LogP contribution is -2.30. The van der Waals surface area contributed by atoms with E-state index >= 15 is 0 Å². The van der Waals surface area contributed by atoms with E-state index in [1.54, 1.807) is 7.11 Å². The Morgan fingerprint density at radius 3 is 2.35 bits per heavy atom. The Labute approximate surface area is 105 Å². The van der Waals surface area contributed by atoms with Crippen molar-refractivity contribution in [1.82, 2.24) is 5.32 Å². The first kappa shape index (κ1) is 14.9. The van der Waals surface area contributed by atoms with Crippen molar-refractivity contribution in [2.75, 3.05) is 46.7 Å². The molecule has 0 radical (unpaired) electrons. The van der Waals surface area contributed by atoms with Crippen LogP contribution in [0.5, 0.6) is 0 Å². The number of rotatable bonds is 12. The van der Waals surface area contributed by atoms with E-state index in [-0.39, 0.29) is 0 Å². The number of hydrogen-bond acceptors (Lipinski definition) is 4. The van der Waals surface area contributed by atoms with E-state index in [0.29, 0.717) is 32.5 Å². The summed E-state index contributed by atoms with van der Waals surface area (Å²) in [6.07, 6.45) is 4.18. The molecule has 4 nitrogen and oxygen atoms in total. The van der Waals surface area contributed by atoms with E-state index in [4.69, 9.17) is 14.2 Å². The lowest BCUT2D eigenvalue weighted by atomic mass is 10.2. The van der Waals surface area contributed by atoms with Crippen LogP contribution in [0.4, 0.5) is 0 Å². The fraction of sp³-hybridized carbons (Fsp3) is 1.00. The Bertz CT molecular complexity index is 174. The molecule has 1 unspecified atom stereocenters. The molecular formula is C13H27NO3. The molecule has 17 heavy (non-hydrogen) atoms. The predicted octanol–water partition coefficient (Wildman–Crippen LogP) is 1.44. The third kappa shape index (κ3) is 9.53. The predicted molar refractivity (Wildman–Crippen MR) is 68.3 cm³/mol. The van der Waals surface area contributed by atoms with Crippen molar-refractivity contribution in [3.63, 3.8) is 0 Å². The van der Waals surface area contributed by atoms with Gasteiger partial charge in [-0.1, -0.05) is 12.8 Å². The van der Waals surface area contributed by atoms with Gasteiger partial charge in [-0.2, -0.15) is 0 Å². The third-order valence-corrected chi connectivity index (χ3v) is 2.93. The van der Waals surface area contributed by atoms with Gasteiger partial charge in [-0.05, 0) is 19.3 Å². The molecule has 0 heterocycles. The smallest absolute Gasteiger partial charge is 0.0701 e. The van der Waals surface area contributed by atoms with Gasteiger partial charge in [0.15, 0.2) is 0 Å². The first-order valence-corrected chi connectivity index (χ1v) is 6.70. The van der Waals surface area contributed by atoms with Crippen molar-refractivity contribution in [3.8, 4) is 0 Å². The summed E-state index contributed by atoms with van der Waals surface area (Å²) in [5.41, 5.74) is 0. The summed E-state index contributed by atoms with van der Waals surface area (Å²) < 4.78 is 15.6. The molecule has 0 aliphatic heterocycles. The van der Waals surface area contributed by atoms with Crippen molar-refractivity contribution in [2.24, 2.45) is 5.92 Å². The minimum atomic E-state index is 0.629. The average molecular weight is 245 g/mol. The molecule has 0 aromatic carbocycles. The van der Waals surface area contributed by atoms with E-state index in [0.717, 1.165) is 19.1 Å². The van der Waals surface area contributed by atoms with Crippen molar-refractivity contribution in [2.45, 2.75) is 32.2 Å². The molecule has 1 fully saturated rings. The van der Waals surface area contributed by atoms with Gasteiger partial charge in [0.05, 0.1) is 33.0 Å². The zero-order chi connectivity index (χ0) is 12.3. The molecule has 102 valence electrons. The van der Waals surface area contributed by atoms with Gasteiger partial charge in [0.25, 0.3) is 0 Å². The summed E-state index contributed by atoms with van der Waals surface area (Å²) in [4.78, 5) is 0. The fourth-order valence-corrected chi connectivity index (χ4v) is 1.78. The van der Waals surface area contributed by atoms with Gasteiger partial charge in [0.1, 0.15) is 0 Å². The normalized spacial score (nSPS) is 17.3. The molecule has 0 aromatic rings. The van der Waals surface area contributed by atoms with Gasteiger partial charge in [-0.25, -0.2) is 0 Å². The Balaban J connectivity index is 1.71. The highest BCUT2D eigenvalue weighted by Crippen LogP contribution is 2.33. The minimum Gasteiger partial charge on any atom is -0.382 e. The first-order chi connectivity index (χ1) is 8.33. The van der Waals surface area contributed by atoms with Crippen molar-refractivity contribution in [1.29, 1.82) is 0 Å². The highest BCUT2D eigenvalue weighted by Gasteiger charge is 2.22.